The Labute approximate surface area is 158 Å². The SMILES string of the molecule is O=C(Nc1ccnn1Cc1ccccc1F)N1CCN(C2CCCC2)CC1. The molecular weight excluding hydrogens is 345 g/mol. The first-order valence-electron chi connectivity index (χ1n) is 9.76. The number of hydrogen-bond acceptors (Lipinski definition) is 3. The van der Waals surface area contributed by atoms with Crippen LogP contribution in [0.5, 0.6) is 0 Å². The van der Waals surface area contributed by atoms with Crippen LogP contribution in [0.4, 0.5) is 15.0 Å². The average molecular weight is 371 g/mol. The molecule has 2 fully saturated rings. The first-order valence-corrected chi connectivity index (χ1v) is 9.76. The molecule has 0 spiro atoms. The fraction of sp³-hybridized carbons (Fsp3) is 0.500. The van der Waals surface area contributed by atoms with Crippen molar-refractivity contribution in [3.8, 4) is 0 Å². The molecular formula is C20H26FN5O. The van der Waals surface area contributed by atoms with Crippen LogP contribution in [0.2, 0.25) is 0 Å². The highest BCUT2D eigenvalue weighted by atomic mass is 19.1. The Hall–Kier alpha value is -2.41. The van der Waals surface area contributed by atoms with Crippen molar-refractivity contribution in [3.63, 3.8) is 0 Å². The summed E-state index contributed by atoms with van der Waals surface area (Å²) in [6.45, 7) is 3.64. The van der Waals surface area contributed by atoms with Gasteiger partial charge in [-0.05, 0) is 18.9 Å². The molecule has 1 aliphatic carbocycles. The van der Waals surface area contributed by atoms with Crippen LogP contribution in [0.15, 0.2) is 36.5 Å². The van der Waals surface area contributed by atoms with Gasteiger partial charge in [-0.3, -0.25) is 10.2 Å². The van der Waals surface area contributed by atoms with E-state index in [1.165, 1.54) is 31.7 Å². The summed E-state index contributed by atoms with van der Waals surface area (Å²) in [6.07, 6.45) is 6.87. The lowest BCUT2D eigenvalue weighted by atomic mass is 10.2. The molecule has 2 aromatic rings. The predicted octanol–water partition coefficient (Wildman–Crippen LogP) is 3.16. The van der Waals surface area contributed by atoms with Gasteiger partial charge in [-0.1, -0.05) is 31.0 Å². The van der Waals surface area contributed by atoms with Crippen LogP contribution in [0.25, 0.3) is 0 Å². The van der Waals surface area contributed by atoms with Crippen LogP contribution in [-0.4, -0.2) is 57.8 Å². The number of halogens is 1. The van der Waals surface area contributed by atoms with Crippen LogP contribution >= 0.6 is 0 Å². The van der Waals surface area contributed by atoms with Crippen LogP contribution in [0.1, 0.15) is 31.2 Å². The highest BCUT2D eigenvalue weighted by Gasteiger charge is 2.28. The summed E-state index contributed by atoms with van der Waals surface area (Å²) in [6, 6.07) is 8.95. The molecule has 1 aromatic heterocycles. The van der Waals surface area contributed by atoms with Gasteiger partial charge < -0.3 is 4.90 Å². The van der Waals surface area contributed by atoms with Gasteiger partial charge in [0.1, 0.15) is 11.6 Å². The summed E-state index contributed by atoms with van der Waals surface area (Å²) in [7, 11) is 0. The molecule has 0 unspecified atom stereocenters. The van der Waals surface area contributed by atoms with Crippen molar-refractivity contribution in [2.45, 2.75) is 38.3 Å². The minimum atomic E-state index is -0.270. The minimum Gasteiger partial charge on any atom is -0.322 e. The van der Waals surface area contributed by atoms with E-state index in [1.54, 1.807) is 35.1 Å². The molecule has 1 aromatic carbocycles. The van der Waals surface area contributed by atoms with Crippen molar-refractivity contribution < 1.29 is 9.18 Å². The van der Waals surface area contributed by atoms with Crippen molar-refractivity contribution in [1.82, 2.24) is 19.6 Å². The van der Waals surface area contributed by atoms with Gasteiger partial charge in [-0.25, -0.2) is 13.9 Å². The van der Waals surface area contributed by atoms with Crippen LogP contribution < -0.4 is 5.32 Å². The fourth-order valence-electron chi connectivity index (χ4n) is 4.10. The molecule has 2 heterocycles. The van der Waals surface area contributed by atoms with Crippen LogP contribution in [0, 0.1) is 5.82 Å². The number of nitrogens with zero attached hydrogens (tertiary/aromatic N) is 4. The third-order valence-corrected chi connectivity index (χ3v) is 5.67. The summed E-state index contributed by atoms with van der Waals surface area (Å²) >= 11 is 0. The van der Waals surface area contributed by atoms with E-state index in [1.807, 2.05) is 4.90 Å². The Morgan fingerprint density at radius 1 is 1.11 bits per heavy atom. The normalized spacial score (nSPS) is 18.8. The molecule has 4 rings (SSSR count). The Morgan fingerprint density at radius 2 is 1.85 bits per heavy atom. The first-order chi connectivity index (χ1) is 13.2. The lowest BCUT2D eigenvalue weighted by Gasteiger charge is -2.37. The smallest absolute Gasteiger partial charge is 0.322 e. The second-order valence-electron chi connectivity index (χ2n) is 7.36. The van der Waals surface area contributed by atoms with Gasteiger partial charge in [-0.15, -0.1) is 0 Å². The number of carbonyl (C=O) groups is 1. The summed E-state index contributed by atoms with van der Waals surface area (Å²) in [4.78, 5) is 17.0. The largest absolute Gasteiger partial charge is 0.323 e. The number of nitrogens with one attached hydrogen (secondary N) is 1. The molecule has 6 nitrogen and oxygen atoms in total. The van der Waals surface area contributed by atoms with Gasteiger partial charge in [0.05, 0.1) is 12.7 Å². The quantitative estimate of drug-likeness (QED) is 0.898. The highest BCUT2D eigenvalue weighted by Crippen LogP contribution is 2.24. The number of urea groups is 1. The molecule has 1 saturated carbocycles. The molecule has 27 heavy (non-hydrogen) atoms. The third-order valence-electron chi connectivity index (χ3n) is 5.67. The molecule has 2 aliphatic rings. The second kappa shape index (κ2) is 8.08. The topological polar surface area (TPSA) is 53.4 Å². The molecule has 2 amide bonds. The van der Waals surface area contributed by atoms with Gasteiger partial charge in [-0.2, -0.15) is 5.10 Å². The predicted molar refractivity (Wildman–Crippen MR) is 102 cm³/mol. The van der Waals surface area contributed by atoms with E-state index < -0.39 is 0 Å². The Morgan fingerprint density at radius 3 is 2.59 bits per heavy atom. The van der Waals surface area contributed by atoms with Gasteiger partial charge in [0, 0.05) is 43.9 Å². The number of aromatic nitrogens is 2. The summed E-state index contributed by atoms with van der Waals surface area (Å²) in [5.74, 6) is 0.315. The third kappa shape index (κ3) is 4.13. The van der Waals surface area contributed by atoms with Gasteiger partial charge >= 0.3 is 6.03 Å². The van der Waals surface area contributed by atoms with Gasteiger partial charge in [0.2, 0.25) is 0 Å². The molecule has 1 saturated heterocycles. The van der Waals surface area contributed by atoms with Crippen molar-refractivity contribution in [2.24, 2.45) is 0 Å². The molecule has 0 radical (unpaired) electrons. The summed E-state index contributed by atoms with van der Waals surface area (Å²) < 4.78 is 15.5. The minimum absolute atomic E-state index is 0.114. The summed E-state index contributed by atoms with van der Waals surface area (Å²) in [5.41, 5.74) is 0.543. The standard InChI is InChI=1S/C20H26FN5O/c21-18-8-4-1-5-16(18)15-26-19(9-10-22-26)23-20(27)25-13-11-24(12-14-25)17-6-2-3-7-17/h1,4-5,8-10,17H,2-3,6-7,11-15H2,(H,23,27). The molecule has 1 N–H and O–H groups in total. The molecule has 1 aliphatic heterocycles. The zero-order valence-electron chi connectivity index (χ0n) is 15.5. The second-order valence-corrected chi connectivity index (χ2v) is 7.36. The fourth-order valence-corrected chi connectivity index (χ4v) is 4.10. The van der Waals surface area contributed by atoms with Crippen molar-refractivity contribution in [3.05, 3.63) is 47.9 Å². The van der Waals surface area contributed by atoms with Crippen LogP contribution in [0.3, 0.4) is 0 Å². The van der Waals surface area contributed by atoms with Crippen molar-refractivity contribution in [2.75, 3.05) is 31.5 Å². The Bertz CT molecular complexity index is 778. The number of hydrogen-bond donors (Lipinski definition) is 1. The monoisotopic (exact) mass is 371 g/mol. The Balaban J connectivity index is 1.34. The first kappa shape index (κ1) is 18.0. The lowest BCUT2D eigenvalue weighted by molar-refractivity contribution is 0.115. The maximum atomic E-state index is 13.9. The molecule has 7 heteroatoms. The van der Waals surface area contributed by atoms with Crippen LogP contribution in [-0.2, 0) is 6.54 Å². The van der Waals surface area contributed by atoms with E-state index in [0.29, 0.717) is 17.4 Å². The van der Waals surface area contributed by atoms with Crippen molar-refractivity contribution in [1.29, 1.82) is 0 Å². The van der Waals surface area contributed by atoms with E-state index in [4.69, 9.17) is 0 Å². The summed E-state index contributed by atoms with van der Waals surface area (Å²) in [5, 5.41) is 7.15. The Kier molecular flexibility index (Phi) is 5.38. The zero-order chi connectivity index (χ0) is 18.6. The number of carbonyl (C=O) groups excluding carboxylic acids is 1. The number of piperazine rings is 1. The zero-order valence-corrected chi connectivity index (χ0v) is 15.5. The molecule has 0 atom stereocenters. The van der Waals surface area contributed by atoms with E-state index in [0.717, 1.165) is 26.2 Å². The highest BCUT2D eigenvalue weighted by molar-refractivity contribution is 5.88. The number of anilines is 1. The molecule has 144 valence electrons. The van der Waals surface area contributed by atoms with E-state index in [-0.39, 0.29) is 18.4 Å². The van der Waals surface area contributed by atoms with E-state index in [2.05, 4.69) is 15.3 Å². The van der Waals surface area contributed by atoms with Gasteiger partial charge in [0.15, 0.2) is 0 Å². The maximum Gasteiger partial charge on any atom is 0.323 e. The van der Waals surface area contributed by atoms with E-state index in [9.17, 15) is 9.18 Å². The molecule has 0 bridgehead atoms. The van der Waals surface area contributed by atoms with Crippen molar-refractivity contribution >= 4 is 11.8 Å². The van der Waals surface area contributed by atoms with Gasteiger partial charge in [0.25, 0.3) is 0 Å². The average Bonchev–Trinajstić information content (AvgIpc) is 3.36. The number of benzene rings is 1. The number of rotatable bonds is 4. The lowest BCUT2D eigenvalue weighted by Crippen LogP contribution is -2.52. The van der Waals surface area contributed by atoms with E-state index >= 15 is 0 Å². The number of amides is 2. The maximum absolute atomic E-state index is 13.9.